The van der Waals surface area contributed by atoms with Gasteiger partial charge in [0.2, 0.25) is 0 Å². The number of nitrogens with one attached hydrogen (secondary N) is 4. The van der Waals surface area contributed by atoms with Gasteiger partial charge < -0.3 is 30.5 Å². The van der Waals surface area contributed by atoms with Crippen molar-refractivity contribution in [3.05, 3.63) is 129 Å². The molecule has 0 unspecified atom stereocenters. The molecule has 12 nitrogen and oxygen atoms in total. The summed E-state index contributed by atoms with van der Waals surface area (Å²) in [6.45, 7) is 3.47. The van der Waals surface area contributed by atoms with Crippen molar-refractivity contribution in [2.24, 2.45) is 0 Å². The Hall–Kier alpha value is -5.98. The summed E-state index contributed by atoms with van der Waals surface area (Å²) in [6, 6.07) is 9.12. The summed E-state index contributed by atoms with van der Waals surface area (Å²) in [7, 11) is 1.44. The lowest BCUT2D eigenvalue weighted by Crippen LogP contribution is -2.42. The molecular weight excluding hydrogens is 569 g/mol. The van der Waals surface area contributed by atoms with Gasteiger partial charge in [-0.15, -0.1) is 0 Å². The summed E-state index contributed by atoms with van der Waals surface area (Å²) < 4.78 is 27.3. The van der Waals surface area contributed by atoms with Gasteiger partial charge in [0.25, 0.3) is 11.5 Å². The molecule has 44 heavy (non-hydrogen) atoms. The van der Waals surface area contributed by atoms with Crippen molar-refractivity contribution in [2.45, 2.75) is 19.9 Å². The molecule has 0 saturated carbocycles. The topological polar surface area (TPSA) is 156 Å². The maximum atomic E-state index is 13.5. The number of rotatable bonds is 9. The molecular formula is C31H28FN7O5. The number of hydrogen-bond acceptors (Lipinski definition) is 8. The van der Waals surface area contributed by atoms with E-state index < -0.39 is 23.0 Å². The number of benzene rings is 2. The third kappa shape index (κ3) is 5.97. The number of anilines is 1. The van der Waals surface area contributed by atoms with Crippen molar-refractivity contribution < 1.29 is 18.7 Å². The Bertz CT molecular complexity index is 1940. The van der Waals surface area contributed by atoms with Crippen molar-refractivity contribution in [3.8, 4) is 17.2 Å². The number of nitrogens with zero attached hydrogens (tertiary/aromatic N) is 3. The Kier molecular flexibility index (Phi) is 8.37. The van der Waals surface area contributed by atoms with Crippen molar-refractivity contribution in [2.75, 3.05) is 12.4 Å². The molecule has 224 valence electrons. The Morgan fingerprint density at radius 1 is 1.14 bits per heavy atom. The van der Waals surface area contributed by atoms with Crippen LogP contribution in [-0.4, -0.2) is 38.3 Å². The van der Waals surface area contributed by atoms with Gasteiger partial charge in [0.05, 0.1) is 30.5 Å². The van der Waals surface area contributed by atoms with Crippen molar-refractivity contribution in [1.29, 1.82) is 5.41 Å². The molecule has 4 aromatic rings. The number of carbonyl (C=O) groups is 1. The van der Waals surface area contributed by atoms with Crippen molar-refractivity contribution in [3.63, 3.8) is 0 Å². The van der Waals surface area contributed by atoms with Gasteiger partial charge in [0.1, 0.15) is 11.4 Å². The quantitative estimate of drug-likeness (QED) is 0.211. The molecule has 2 aromatic heterocycles. The van der Waals surface area contributed by atoms with Gasteiger partial charge >= 0.3 is 5.69 Å². The highest BCUT2D eigenvalue weighted by Crippen LogP contribution is 2.34. The molecule has 1 amide bonds. The summed E-state index contributed by atoms with van der Waals surface area (Å²) >= 11 is 0. The van der Waals surface area contributed by atoms with E-state index in [0.29, 0.717) is 22.9 Å². The molecule has 0 spiro atoms. The van der Waals surface area contributed by atoms with E-state index >= 15 is 0 Å². The molecule has 1 aliphatic heterocycles. The van der Waals surface area contributed by atoms with Gasteiger partial charge in [-0.1, -0.05) is 0 Å². The molecule has 0 bridgehead atoms. The average Bonchev–Trinajstić information content (AvgIpc) is 3.55. The second-order valence-corrected chi connectivity index (χ2v) is 9.82. The van der Waals surface area contributed by atoms with Crippen molar-refractivity contribution in [1.82, 2.24) is 24.4 Å². The Morgan fingerprint density at radius 2 is 1.91 bits per heavy atom. The molecule has 0 radical (unpaired) electrons. The predicted octanol–water partition coefficient (Wildman–Crippen LogP) is 4.14. The van der Waals surface area contributed by atoms with Gasteiger partial charge in [-0.05, 0) is 62.4 Å². The number of amides is 1. The first-order valence-corrected chi connectivity index (χ1v) is 13.4. The summed E-state index contributed by atoms with van der Waals surface area (Å²) in [6.07, 6.45) is 10.6. The SMILES string of the molecule is COc1cc(NC(=O)c2cn(C(C)C)c(=O)n(-c3ccc(F)cc3)c2=O)ccc1OC1=CC(c2c[nH]cn2)=CN/C1=C\C=N. The largest absolute Gasteiger partial charge is 0.493 e. The molecule has 2 aromatic carbocycles. The van der Waals surface area contributed by atoms with E-state index in [1.807, 2.05) is 0 Å². The smallest absolute Gasteiger partial charge is 0.335 e. The molecule has 13 heteroatoms. The maximum absolute atomic E-state index is 13.5. The van der Waals surface area contributed by atoms with Crippen LogP contribution >= 0.6 is 0 Å². The van der Waals surface area contributed by atoms with E-state index in [9.17, 15) is 18.8 Å². The number of imidazole rings is 1. The average molecular weight is 598 g/mol. The first kappa shape index (κ1) is 29.5. The molecule has 1 aliphatic rings. The van der Waals surface area contributed by atoms with Crippen LogP contribution < -0.4 is 31.4 Å². The lowest BCUT2D eigenvalue weighted by molar-refractivity contribution is 0.102. The highest BCUT2D eigenvalue weighted by Gasteiger charge is 2.21. The van der Waals surface area contributed by atoms with Gasteiger partial charge in [0, 0.05) is 48.2 Å². The third-order valence-corrected chi connectivity index (χ3v) is 6.62. The monoisotopic (exact) mass is 597 g/mol. The van der Waals surface area contributed by atoms with E-state index in [-0.39, 0.29) is 28.7 Å². The Morgan fingerprint density at radius 3 is 2.57 bits per heavy atom. The van der Waals surface area contributed by atoms with E-state index in [4.69, 9.17) is 14.9 Å². The predicted molar refractivity (Wildman–Crippen MR) is 163 cm³/mol. The zero-order chi connectivity index (χ0) is 31.4. The first-order valence-electron chi connectivity index (χ1n) is 13.4. The lowest BCUT2D eigenvalue weighted by atomic mass is 10.1. The second-order valence-electron chi connectivity index (χ2n) is 9.82. The highest BCUT2D eigenvalue weighted by molar-refractivity contribution is 6.04. The number of ether oxygens (including phenoxy) is 2. The number of allylic oxidation sites excluding steroid dienone is 3. The first-order chi connectivity index (χ1) is 21.2. The standard InChI is InChI=1S/C31H28FN7O5/c1-18(2)38-16-23(30(41)39(31(38)42)22-7-4-20(32)5-8-22)29(40)37-21-6-9-26(28(13-21)43-3)44-27-12-19(25-15-34-17-36-25)14-35-24(27)10-11-33/h4-18,33,35H,1-3H3,(H,34,36)(H,37,40)/b24-10-,33-11?. The fourth-order valence-corrected chi connectivity index (χ4v) is 4.41. The number of H-pyrrole nitrogens is 1. The number of hydrogen-bond donors (Lipinski definition) is 4. The zero-order valence-electron chi connectivity index (χ0n) is 23.9. The van der Waals surface area contributed by atoms with Gasteiger partial charge in [-0.2, -0.15) is 0 Å². The summed E-state index contributed by atoms with van der Waals surface area (Å²) in [5.41, 5.74) is 0.547. The zero-order valence-corrected chi connectivity index (χ0v) is 23.9. The Labute approximate surface area is 250 Å². The molecule has 0 atom stereocenters. The van der Waals surface area contributed by atoms with Gasteiger partial charge in [-0.25, -0.2) is 18.7 Å². The van der Waals surface area contributed by atoms with Crippen LogP contribution in [0.25, 0.3) is 11.3 Å². The fourth-order valence-electron chi connectivity index (χ4n) is 4.41. The third-order valence-electron chi connectivity index (χ3n) is 6.62. The molecule has 5 rings (SSSR count). The van der Waals surface area contributed by atoms with Crippen LogP contribution in [0.5, 0.6) is 11.5 Å². The molecule has 0 saturated heterocycles. The summed E-state index contributed by atoms with van der Waals surface area (Å²) in [5, 5.41) is 13.3. The van der Waals surface area contributed by atoms with Crippen LogP contribution in [0.3, 0.4) is 0 Å². The van der Waals surface area contributed by atoms with E-state index in [0.717, 1.165) is 28.5 Å². The number of methoxy groups -OCH3 is 1. The van der Waals surface area contributed by atoms with E-state index in [2.05, 4.69) is 20.6 Å². The van der Waals surface area contributed by atoms with Crippen LogP contribution in [0.15, 0.2) is 101 Å². The molecule has 0 aliphatic carbocycles. The van der Waals surface area contributed by atoms with Gasteiger partial charge in [-0.3, -0.25) is 14.2 Å². The minimum Gasteiger partial charge on any atom is -0.493 e. The highest BCUT2D eigenvalue weighted by atomic mass is 19.1. The van der Waals surface area contributed by atoms with Crippen LogP contribution in [-0.2, 0) is 0 Å². The molecule has 0 fully saturated rings. The van der Waals surface area contributed by atoms with Crippen molar-refractivity contribution >= 4 is 23.4 Å². The summed E-state index contributed by atoms with van der Waals surface area (Å²) in [4.78, 5) is 47.0. The number of aromatic nitrogens is 4. The Balaban J connectivity index is 1.46. The lowest BCUT2D eigenvalue weighted by Gasteiger charge is -2.20. The minimum atomic E-state index is -0.856. The van der Waals surface area contributed by atoms with Crippen LogP contribution in [0.1, 0.15) is 35.9 Å². The van der Waals surface area contributed by atoms with Crippen LogP contribution in [0.2, 0.25) is 0 Å². The molecule has 3 heterocycles. The molecule has 4 N–H and O–H groups in total. The van der Waals surface area contributed by atoms with Crippen LogP contribution in [0, 0.1) is 11.2 Å². The number of aromatic amines is 1. The fraction of sp³-hybridized carbons (Fsp3) is 0.129. The normalized spacial score (nSPS) is 13.6. The minimum absolute atomic E-state index is 0.127. The number of halogens is 1. The summed E-state index contributed by atoms with van der Waals surface area (Å²) in [5.74, 6) is -0.329. The van der Waals surface area contributed by atoms with E-state index in [1.54, 1.807) is 50.8 Å². The van der Waals surface area contributed by atoms with Crippen LogP contribution in [0.4, 0.5) is 10.1 Å². The number of carbonyl (C=O) groups excluding carboxylic acids is 1. The maximum Gasteiger partial charge on any atom is 0.335 e. The van der Waals surface area contributed by atoms with Gasteiger partial charge in [0.15, 0.2) is 17.3 Å². The van der Waals surface area contributed by atoms with E-state index in [1.165, 1.54) is 42.1 Å². The number of dihydropyridines is 1. The second kappa shape index (κ2) is 12.5.